The monoisotopic (exact) mass is 424 g/mol. The summed E-state index contributed by atoms with van der Waals surface area (Å²) < 4.78 is 0. The average molecular weight is 425 g/mol. The highest BCUT2D eigenvalue weighted by Crippen LogP contribution is 2.45. The molecule has 4 rings (SSSR count). The number of hydrogen-bond donors (Lipinski definition) is 2. The highest BCUT2D eigenvalue weighted by molar-refractivity contribution is 6.31. The van der Waals surface area contributed by atoms with Gasteiger partial charge in [-0.3, -0.25) is 4.79 Å². The Morgan fingerprint density at radius 2 is 2.27 bits per heavy atom. The van der Waals surface area contributed by atoms with Crippen molar-refractivity contribution in [1.82, 2.24) is 15.3 Å². The summed E-state index contributed by atoms with van der Waals surface area (Å²) in [4.78, 5) is 24.0. The molecule has 7 nitrogen and oxygen atoms in total. The van der Waals surface area contributed by atoms with E-state index in [-0.39, 0.29) is 12.5 Å². The summed E-state index contributed by atoms with van der Waals surface area (Å²) in [5, 5.41) is 12.8. The van der Waals surface area contributed by atoms with E-state index in [0.29, 0.717) is 36.2 Å². The summed E-state index contributed by atoms with van der Waals surface area (Å²) in [5.41, 5.74) is 7.69. The van der Waals surface area contributed by atoms with Gasteiger partial charge < -0.3 is 16.0 Å². The zero-order valence-corrected chi connectivity index (χ0v) is 17.7. The van der Waals surface area contributed by atoms with Crippen molar-refractivity contribution < 1.29 is 4.79 Å². The quantitative estimate of drug-likeness (QED) is 0.738. The molecule has 1 aromatic carbocycles. The lowest BCUT2D eigenvalue weighted by Gasteiger charge is -2.22. The predicted octanol–water partition coefficient (Wildman–Crippen LogP) is 2.81. The van der Waals surface area contributed by atoms with Crippen molar-refractivity contribution in [3.63, 3.8) is 0 Å². The molecule has 2 aliphatic rings. The lowest BCUT2D eigenvalue weighted by molar-refractivity contribution is -0.124. The first-order valence-electron chi connectivity index (χ1n) is 10.2. The van der Waals surface area contributed by atoms with E-state index in [1.54, 1.807) is 6.20 Å². The molecule has 156 valence electrons. The maximum absolute atomic E-state index is 12.4. The number of carbonyl (C=O) groups excluding carboxylic acids is 1. The molecule has 0 bridgehead atoms. The Kier molecular flexibility index (Phi) is 5.63. The SMILES string of the molecule is Cc1ccc(-c2ncc(CNC(=O)C3(C#N)CC3)c(N3CC[C@H](CN)C3)n2)cc1Cl. The van der Waals surface area contributed by atoms with Crippen LogP contribution >= 0.6 is 11.6 Å². The second-order valence-corrected chi connectivity index (χ2v) is 8.63. The third-order valence-electron chi connectivity index (χ3n) is 6.03. The standard InChI is InChI=1S/C22H25ClN6O/c1-14-2-3-16(8-18(14)23)19-26-10-17(11-27-21(30)22(13-25)5-6-22)20(28-19)29-7-4-15(9-24)12-29/h2-3,8,10,15H,4-7,9,11-12,24H2,1H3,(H,27,30)/t15-/m1/s1. The highest BCUT2D eigenvalue weighted by Gasteiger charge is 2.50. The first kappa shape index (κ1) is 20.6. The smallest absolute Gasteiger partial charge is 0.240 e. The fraction of sp³-hybridized carbons (Fsp3) is 0.455. The van der Waals surface area contributed by atoms with Crippen molar-refractivity contribution in [2.45, 2.75) is 32.7 Å². The zero-order chi connectivity index (χ0) is 21.3. The second kappa shape index (κ2) is 8.21. The number of nitrogens with zero attached hydrogens (tertiary/aromatic N) is 4. The molecule has 8 heteroatoms. The van der Waals surface area contributed by atoms with Crippen LogP contribution in [0.1, 0.15) is 30.4 Å². The Labute approximate surface area is 181 Å². The fourth-order valence-corrected chi connectivity index (χ4v) is 3.92. The van der Waals surface area contributed by atoms with Crippen LogP contribution < -0.4 is 16.0 Å². The molecule has 0 spiro atoms. The van der Waals surface area contributed by atoms with Crippen LogP contribution in [0, 0.1) is 29.6 Å². The third kappa shape index (κ3) is 3.98. The number of carbonyl (C=O) groups is 1. The molecule has 1 saturated carbocycles. The molecule has 3 N–H and O–H groups in total. The first-order valence-corrected chi connectivity index (χ1v) is 10.6. The maximum Gasteiger partial charge on any atom is 0.240 e. The van der Waals surface area contributed by atoms with Crippen LogP contribution in [0.15, 0.2) is 24.4 Å². The predicted molar refractivity (Wildman–Crippen MR) is 116 cm³/mol. The minimum absolute atomic E-state index is 0.216. The molecule has 1 aliphatic heterocycles. The van der Waals surface area contributed by atoms with Crippen LogP contribution in [0.4, 0.5) is 5.82 Å². The molecule has 1 amide bonds. The van der Waals surface area contributed by atoms with Gasteiger partial charge in [0.1, 0.15) is 11.2 Å². The maximum atomic E-state index is 12.4. The van der Waals surface area contributed by atoms with Gasteiger partial charge in [0.15, 0.2) is 5.82 Å². The van der Waals surface area contributed by atoms with Gasteiger partial charge in [0.05, 0.1) is 6.07 Å². The Morgan fingerprint density at radius 3 is 2.90 bits per heavy atom. The molecular weight excluding hydrogens is 400 g/mol. The van der Waals surface area contributed by atoms with Gasteiger partial charge in [0.2, 0.25) is 5.91 Å². The van der Waals surface area contributed by atoms with E-state index in [1.807, 2.05) is 25.1 Å². The van der Waals surface area contributed by atoms with Gasteiger partial charge in [0.25, 0.3) is 0 Å². The van der Waals surface area contributed by atoms with E-state index in [2.05, 4.69) is 21.3 Å². The summed E-state index contributed by atoms with van der Waals surface area (Å²) in [5.74, 6) is 1.60. The molecule has 0 unspecified atom stereocenters. The van der Waals surface area contributed by atoms with Crippen LogP contribution in [0.2, 0.25) is 5.02 Å². The number of anilines is 1. The molecule has 2 heterocycles. The first-order chi connectivity index (χ1) is 14.5. The summed E-state index contributed by atoms with van der Waals surface area (Å²) in [6, 6.07) is 7.91. The number of amides is 1. The largest absolute Gasteiger partial charge is 0.356 e. The minimum Gasteiger partial charge on any atom is -0.356 e. The number of halogens is 1. The van der Waals surface area contributed by atoms with Crippen LogP contribution in [0.25, 0.3) is 11.4 Å². The Bertz CT molecular complexity index is 1010. The molecule has 1 aliphatic carbocycles. The minimum atomic E-state index is -0.849. The van der Waals surface area contributed by atoms with Gasteiger partial charge in [-0.15, -0.1) is 0 Å². The van der Waals surface area contributed by atoms with Gasteiger partial charge in [-0.25, -0.2) is 9.97 Å². The summed E-state index contributed by atoms with van der Waals surface area (Å²) >= 11 is 6.29. The van der Waals surface area contributed by atoms with Gasteiger partial charge >= 0.3 is 0 Å². The number of nitriles is 1. The molecule has 0 radical (unpaired) electrons. The van der Waals surface area contributed by atoms with E-state index in [0.717, 1.165) is 42.0 Å². The molecule has 2 aromatic rings. The zero-order valence-electron chi connectivity index (χ0n) is 17.0. The summed E-state index contributed by atoms with van der Waals surface area (Å²) in [6.07, 6.45) is 4.01. The van der Waals surface area contributed by atoms with Crippen molar-refractivity contribution in [3.8, 4) is 17.5 Å². The third-order valence-corrected chi connectivity index (χ3v) is 6.44. The van der Waals surface area contributed by atoms with Crippen molar-refractivity contribution in [2.24, 2.45) is 17.1 Å². The Morgan fingerprint density at radius 1 is 1.47 bits per heavy atom. The summed E-state index contributed by atoms with van der Waals surface area (Å²) in [6.45, 7) is 4.56. The van der Waals surface area contributed by atoms with Crippen LogP contribution in [0.5, 0.6) is 0 Å². The van der Waals surface area contributed by atoms with Crippen molar-refractivity contribution in [1.29, 1.82) is 5.26 Å². The van der Waals surface area contributed by atoms with Crippen molar-refractivity contribution in [2.75, 3.05) is 24.5 Å². The Hall–Kier alpha value is -2.69. The number of rotatable bonds is 6. The molecular formula is C22H25ClN6O. The number of nitrogens with one attached hydrogen (secondary N) is 1. The number of hydrogen-bond acceptors (Lipinski definition) is 6. The van der Waals surface area contributed by atoms with E-state index >= 15 is 0 Å². The van der Waals surface area contributed by atoms with Gasteiger partial charge in [-0.1, -0.05) is 23.7 Å². The number of nitrogens with two attached hydrogens (primary N) is 1. The molecule has 1 aromatic heterocycles. The van der Waals surface area contributed by atoms with Gasteiger partial charge in [-0.05, 0) is 50.3 Å². The fourth-order valence-electron chi connectivity index (χ4n) is 3.74. The van der Waals surface area contributed by atoms with Crippen molar-refractivity contribution in [3.05, 3.63) is 40.5 Å². The molecule has 30 heavy (non-hydrogen) atoms. The van der Waals surface area contributed by atoms with Gasteiger partial charge in [-0.2, -0.15) is 5.26 Å². The average Bonchev–Trinajstić information content (AvgIpc) is 3.43. The van der Waals surface area contributed by atoms with E-state index in [4.69, 9.17) is 22.3 Å². The van der Waals surface area contributed by atoms with Crippen LogP contribution in [-0.2, 0) is 11.3 Å². The van der Waals surface area contributed by atoms with Gasteiger partial charge in [0, 0.05) is 42.0 Å². The Balaban J connectivity index is 1.62. The van der Waals surface area contributed by atoms with Crippen molar-refractivity contribution >= 4 is 23.3 Å². The summed E-state index contributed by atoms with van der Waals surface area (Å²) in [7, 11) is 0. The molecule has 2 fully saturated rings. The van der Waals surface area contributed by atoms with E-state index in [9.17, 15) is 10.1 Å². The molecule has 1 atom stereocenters. The number of aryl methyl sites for hydroxylation is 1. The van der Waals surface area contributed by atoms with E-state index in [1.165, 1.54) is 0 Å². The number of benzene rings is 1. The second-order valence-electron chi connectivity index (χ2n) is 8.22. The normalized spacial score (nSPS) is 19.4. The number of aromatic nitrogens is 2. The lowest BCUT2D eigenvalue weighted by atomic mass is 10.1. The highest BCUT2D eigenvalue weighted by atomic mass is 35.5. The van der Waals surface area contributed by atoms with Crippen LogP contribution in [-0.4, -0.2) is 35.5 Å². The van der Waals surface area contributed by atoms with Crippen LogP contribution in [0.3, 0.4) is 0 Å². The lowest BCUT2D eigenvalue weighted by Crippen LogP contribution is -2.32. The topological polar surface area (TPSA) is 108 Å². The molecule has 1 saturated heterocycles. The van der Waals surface area contributed by atoms with E-state index < -0.39 is 5.41 Å².